The first-order chi connectivity index (χ1) is 10.1. The molecule has 1 aliphatic heterocycles. The minimum absolute atomic E-state index is 0.0370. The Balaban J connectivity index is 1.60. The van der Waals surface area contributed by atoms with Crippen LogP contribution in [0.15, 0.2) is 22.9 Å². The highest BCUT2D eigenvalue weighted by Crippen LogP contribution is 2.16. The fourth-order valence-corrected chi connectivity index (χ4v) is 3.44. The molecule has 0 spiro atoms. The molecule has 3 rings (SSSR count). The van der Waals surface area contributed by atoms with E-state index >= 15 is 0 Å². The van der Waals surface area contributed by atoms with Crippen LogP contribution in [0.1, 0.15) is 20.2 Å². The van der Waals surface area contributed by atoms with Gasteiger partial charge in [-0.05, 0) is 11.4 Å². The van der Waals surface area contributed by atoms with Gasteiger partial charge in [-0.25, -0.2) is 4.98 Å². The van der Waals surface area contributed by atoms with Crippen LogP contribution in [0.2, 0.25) is 0 Å². The van der Waals surface area contributed by atoms with Crippen LogP contribution in [0.5, 0.6) is 0 Å². The van der Waals surface area contributed by atoms with Crippen LogP contribution in [0.25, 0.3) is 0 Å². The number of carbonyl (C=O) groups is 2. The molecule has 2 amide bonds. The van der Waals surface area contributed by atoms with Gasteiger partial charge >= 0.3 is 0 Å². The number of nitrogens with zero attached hydrogens (tertiary/aromatic N) is 3. The minimum Gasteiger partial charge on any atom is -0.375 e. The van der Waals surface area contributed by atoms with Gasteiger partial charge in [0.05, 0.1) is 4.88 Å². The lowest BCUT2D eigenvalue weighted by Gasteiger charge is -2.34. The summed E-state index contributed by atoms with van der Waals surface area (Å²) in [5.74, 6) is -0.0822. The normalized spacial score (nSPS) is 15.2. The molecular formula is C13H14N4O2S2. The third-order valence-corrected chi connectivity index (χ3v) is 4.86. The lowest BCUT2D eigenvalue weighted by Crippen LogP contribution is -2.50. The number of piperazine rings is 1. The van der Waals surface area contributed by atoms with Crippen LogP contribution >= 0.6 is 22.7 Å². The molecule has 0 unspecified atom stereocenters. The Morgan fingerprint density at radius 1 is 1.10 bits per heavy atom. The van der Waals surface area contributed by atoms with Gasteiger partial charge in [0.25, 0.3) is 11.8 Å². The number of carbonyl (C=O) groups excluding carboxylic acids is 2. The standard InChI is InChI=1S/C13H14N4O2S2/c14-13-15-9(8-21-13)11(18)16-3-5-17(6-4-16)12(19)10-2-1-7-20-10/h1-2,7-8H,3-6H2,(H2,14,15). The third kappa shape index (κ3) is 2.91. The van der Waals surface area contributed by atoms with Gasteiger partial charge in [-0.3, -0.25) is 9.59 Å². The molecule has 0 aromatic carbocycles. The Labute approximate surface area is 129 Å². The van der Waals surface area contributed by atoms with E-state index in [1.165, 1.54) is 22.7 Å². The van der Waals surface area contributed by atoms with Crippen molar-refractivity contribution in [1.29, 1.82) is 0 Å². The molecule has 0 saturated carbocycles. The molecule has 110 valence electrons. The molecule has 2 aromatic rings. The van der Waals surface area contributed by atoms with Gasteiger partial charge in [-0.2, -0.15) is 0 Å². The summed E-state index contributed by atoms with van der Waals surface area (Å²) in [5.41, 5.74) is 5.93. The SMILES string of the molecule is Nc1nc(C(=O)N2CCN(C(=O)c3cccs3)CC2)cs1. The lowest BCUT2D eigenvalue weighted by molar-refractivity contribution is 0.0535. The van der Waals surface area contributed by atoms with Gasteiger partial charge in [-0.15, -0.1) is 22.7 Å². The highest BCUT2D eigenvalue weighted by molar-refractivity contribution is 7.13. The summed E-state index contributed by atoms with van der Waals surface area (Å²) in [4.78, 5) is 32.7. The van der Waals surface area contributed by atoms with Crippen molar-refractivity contribution in [3.63, 3.8) is 0 Å². The molecule has 2 aromatic heterocycles. The number of thiazole rings is 1. The van der Waals surface area contributed by atoms with Crippen LogP contribution in [0, 0.1) is 0 Å². The predicted molar refractivity (Wildman–Crippen MR) is 82.7 cm³/mol. The Morgan fingerprint density at radius 3 is 2.29 bits per heavy atom. The maximum atomic E-state index is 12.2. The maximum Gasteiger partial charge on any atom is 0.273 e. The molecule has 0 radical (unpaired) electrons. The number of rotatable bonds is 2. The number of hydrogen-bond donors (Lipinski definition) is 1. The zero-order valence-corrected chi connectivity index (χ0v) is 12.8. The van der Waals surface area contributed by atoms with Crippen molar-refractivity contribution in [2.45, 2.75) is 0 Å². The average molecular weight is 322 g/mol. The van der Waals surface area contributed by atoms with Crippen molar-refractivity contribution in [1.82, 2.24) is 14.8 Å². The fraction of sp³-hybridized carbons (Fsp3) is 0.308. The van der Waals surface area contributed by atoms with Crippen LogP contribution < -0.4 is 5.73 Å². The van der Waals surface area contributed by atoms with Gasteiger partial charge < -0.3 is 15.5 Å². The van der Waals surface area contributed by atoms with Crippen molar-refractivity contribution in [3.8, 4) is 0 Å². The van der Waals surface area contributed by atoms with E-state index in [0.717, 1.165) is 4.88 Å². The first kappa shape index (κ1) is 14.0. The summed E-state index contributed by atoms with van der Waals surface area (Å²) < 4.78 is 0. The second-order valence-corrected chi connectivity index (χ2v) is 6.47. The van der Waals surface area contributed by atoms with E-state index in [2.05, 4.69) is 4.98 Å². The lowest BCUT2D eigenvalue weighted by atomic mass is 10.2. The number of thiophene rings is 1. The average Bonchev–Trinajstić information content (AvgIpc) is 3.17. The second-order valence-electron chi connectivity index (χ2n) is 4.63. The van der Waals surface area contributed by atoms with Gasteiger partial charge in [0, 0.05) is 31.6 Å². The summed E-state index contributed by atoms with van der Waals surface area (Å²) >= 11 is 2.69. The van der Waals surface area contributed by atoms with Gasteiger partial charge in [0.15, 0.2) is 5.13 Å². The Bertz CT molecular complexity index is 645. The number of nitrogen functional groups attached to an aromatic ring is 1. The quantitative estimate of drug-likeness (QED) is 0.906. The monoisotopic (exact) mass is 322 g/mol. The topological polar surface area (TPSA) is 79.5 Å². The van der Waals surface area contributed by atoms with Crippen molar-refractivity contribution in [3.05, 3.63) is 33.5 Å². The molecule has 2 N–H and O–H groups in total. The molecular weight excluding hydrogens is 308 g/mol. The molecule has 1 fully saturated rings. The van der Waals surface area contributed by atoms with Crippen LogP contribution in [0.3, 0.4) is 0 Å². The Hall–Kier alpha value is -1.93. The minimum atomic E-state index is -0.119. The maximum absolute atomic E-state index is 12.2. The van der Waals surface area contributed by atoms with Crippen molar-refractivity contribution >= 4 is 39.6 Å². The summed E-state index contributed by atoms with van der Waals surface area (Å²) in [6.07, 6.45) is 0. The molecule has 1 aliphatic rings. The predicted octanol–water partition coefficient (Wildman–Crippen LogP) is 1.39. The molecule has 6 nitrogen and oxygen atoms in total. The zero-order valence-electron chi connectivity index (χ0n) is 11.2. The highest BCUT2D eigenvalue weighted by Gasteiger charge is 2.26. The summed E-state index contributed by atoms with van der Waals surface area (Å²) in [5, 5.41) is 3.95. The zero-order chi connectivity index (χ0) is 14.8. The molecule has 3 heterocycles. The first-order valence-corrected chi connectivity index (χ1v) is 8.24. The van der Waals surface area contributed by atoms with Crippen LogP contribution in [-0.4, -0.2) is 52.8 Å². The number of anilines is 1. The van der Waals surface area contributed by atoms with Gasteiger partial charge in [0.1, 0.15) is 5.69 Å². The molecule has 8 heteroatoms. The summed E-state index contributed by atoms with van der Waals surface area (Å²) in [6.45, 7) is 2.13. The van der Waals surface area contributed by atoms with Crippen LogP contribution in [-0.2, 0) is 0 Å². The van der Waals surface area contributed by atoms with E-state index in [1.54, 1.807) is 15.2 Å². The molecule has 1 saturated heterocycles. The summed E-state index contributed by atoms with van der Waals surface area (Å²) in [7, 11) is 0. The van der Waals surface area contributed by atoms with Crippen molar-refractivity contribution in [2.24, 2.45) is 0 Å². The van der Waals surface area contributed by atoms with Crippen molar-refractivity contribution in [2.75, 3.05) is 31.9 Å². The number of aromatic nitrogens is 1. The van der Waals surface area contributed by atoms with Gasteiger partial charge in [0.2, 0.25) is 0 Å². The van der Waals surface area contributed by atoms with E-state index in [4.69, 9.17) is 5.73 Å². The van der Waals surface area contributed by atoms with E-state index < -0.39 is 0 Å². The fourth-order valence-electron chi connectivity index (χ4n) is 2.22. The number of hydrogen-bond acceptors (Lipinski definition) is 6. The van der Waals surface area contributed by atoms with E-state index in [1.807, 2.05) is 17.5 Å². The number of amides is 2. The summed E-state index contributed by atoms with van der Waals surface area (Å²) in [6, 6.07) is 3.69. The Kier molecular flexibility index (Phi) is 3.89. The third-order valence-electron chi connectivity index (χ3n) is 3.33. The van der Waals surface area contributed by atoms with Crippen molar-refractivity contribution < 1.29 is 9.59 Å². The van der Waals surface area contributed by atoms with E-state index in [0.29, 0.717) is 37.0 Å². The smallest absolute Gasteiger partial charge is 0.273 e. The molecule has 0 aliphatic carbocycles. The highest BCUT2D eigenvalue weighted by atomic mass is 32.1. The Morgan fingerprint density at radius 2 is 1.76 bits per heavy atom. The number of nitrogens with two attached hydrogens (primary N) is 1. The first-order valence-electron chi connectivity index (χ1n) is 6.48. The molecule has 21 heavy (non-hydrogen) atoms. The van der Waals surface area contributed by atoms with E-state index in [-0.39, 0.29) is 11.8 Å². The van der Waals surface area contributed by atoms with E-state index in [9.17, 15) is 9.59 Å². The molecule has 0 atom stereocenters. The van der Waals surface area contributed by atoms with Crippen LogP contribution in [0.4, 0.5) is 5.13 Å². The van der Waals surface area contributed by atoms with Gasteiger partial charge in [-0.1, -0.05) is 6.07 Å². The largest absolute Gasteiger partial charge is 0.375 e. The molecule has 0 bridgehead atoms. The second kappa shape index (κ2) is 5.82.